The van der Waals surface area contributed by atoms with Gasteiger partial charge < -0.3 is 5.32 Å². The first kappa shape index (κ1) is 10.3. The molecule has 1 heterocycles. The molecular formula is C11H20N2S. The van der Waals surface area contributed by atoms with Crippen LogP contribution in [-0.4, -0.2) is 22.5 Å². The van der Waals surface area contributed by atoms with Gasteiger partial charge in [-0.15, -0.1) is 0 Å². The van der Waals surface area contributed by atoms with Crippen LogP contribution in [0.1, 0.15) is 40.0 Å². The highest BCUT2D eigenvalue weighted by Crippen LogP contribution is 2.38. The van der Waals surface area contributed by atoms with Gasteiger partial charge in [0, 0.05) is 11.3 Å². The van der Waals surface area contributed by atoms with Crippen LogP contribution >= 0.6 is 11.8 Å². The molecule has 0 radical (unpaired) electrons. The molecule has 14 heavy (non-hydrogen) atoms. The van der Waals surface area contributed by atoms with Crippen molar-refractivity contribution in [2.75, 3.05) is 5.75 Å². The smallest absolute Gasteiger partial charge is 0.157 e. The Morgan fingerprint density at radius 2 is 2.36 bits per heavy atom. The van der Waals surface area contributed by atoms with E-state index < -0.39 is 0 Å². The second kappa shape index (κ2) is 3.76. The van der Waals surface area contributed by atoms with E-state index in [0.717, 1.165) is 5.92 Å². The van der Waals surface area contributed by atoms with E-state index in [2.05, 4.69) is 26.1 Å². The zero-order chi connectivity index (χ0) is 10.2. The third-order valence-corrected chi connectivity index (χ3v) is 4.67. The van der Waals surface area contributed by atoms with E-state index in [1.165, 1.54) is 30.2 Å². The molecule has 3 unspecified atom stereocenters. The van der Waals surface area contributed by atoms with Crippen LogP contribution in [0.2, 0.25) is 0 Å². The van der Waals surface area contributed by atoms with Gasteiger partial charge in [0.25, 0.3) is 0 Å². The Kier molecular flexibility index (Phi) is 2.78. The van der Waals surface area contributed by atoms with Crippen LogP contribution in [0, 0.1) is 5.92 Å². The van der Waals surface area contributed by atoms with E-state index in [9.17, 15) is 0 Å². The minimum absolute atomic E-state index is 0.292. The van der Waals surface area contributed by atoms with Crippen LogP contribution < -0.4 is 5.32 Å². The van der Waals surface area contributed by atoms with Crippen LogP contribution in [0.25, 0.3) is 0 Å². The highest BCUT2D eigenvalue weighted by atomic mass is 32.2. The molecule has 1 saturated heterocycles. The Morgan fingerprint density at radius 3 is 2.86 bits per heavy atom. The molecule has 2 nitrogen and oxygen atoms in total. The zero-order valence-electron chi connectivity index (χ0n) is 9.34. The first-order chi connectivity index (χ1) is 6.67. The van der Waals surface area contributed by atoms with Crippen molar-refractivity contribution in [1.29, 1.82) is 0 Å². The first-order valence-corrected chi connectivity index (χ1v) is 6.64. The van der Waals surface area contributed by atoms with Gasteiger partial charge in [-0.1, -0.05) is 32.0 Å². The van der Waals surface area contributed by atoms with Crippen molar-refractivity contribution in [3.63, 3.8) is 0 Å². The van der Waals surface area contributed by atoms with Gasteiger partial charge in [0.2, 0.25) is 0 Å². The molecule has 3 heteroatoms. The topological polar surface area (TPSA) is 24.4 Å². The van der Waals surface area contributed by atoms with Crippen LogP contribution in [-0.2, 0) is 0 Å². The van der Waals surface area contributed by atoms with Gasteiger partial charge in [0.15, 0.2) is 5.17 Å². The average molecular weight is 212 g/mol. The molecule has 1 aliphatic carbocycles. The molecule has 0 bridgehead atoms. The first-order valence-electron chi connectivity index (χ1n) is 5.65. The number of hydrogen-bond acceptors (Lipinski definition) is 2. The maximum absolute atomic E-state index is 4.75. The fraction of sp³-hybridized carbons (Fsp3) is 0.909. The Bertz CT molecular complexity index is 252. The molecule has 0 spiro atoms. The third-order valence-electron chi connectivity index (χ3n) is 3.41. The number of rotatable bonds is 3. The van der Waals surface area contributed by atoms with Gasteiger partial charge in [-0.2, -0.15) is 0 Å². The molecule has 80 valence electrons. The minimum atomic E-state index is 0.292. The van der Waals surface area contributed by atoms with E-state index in [-0.39, 0.29) is 0 Å². The molecule has 0 amide bonds. The van der Waals surface area contributed by atoms with Crippen LogP contribution in [0.3, 0.4) is 0 Å². The van der Waals surface area contributed by atoms with Crippen LogP contribution in [0.15, 0.2) is 4.99 Å². The predicted octanol–water partition coefficient (Wildman–Crippen LogP) is 2.65. The van der Waals surface area contributed by atoms with Gasteiger partial charge in [0.1, 0.15) is 0 Å². The highest BCUT2D eigenvalue weighted by molar-refractivity contribution is 8.14. The van der Waals surface area contributed by atoms with Crippen molar-refractivity contribution in [2.45, 2.75) is 51.6 Å². The molecule has 1 saturated carbocycles. The standard InChI is InChI=1S/C11H20N2S/c1-4-8-6-9(8)12-10-13-11(3,5-2)7-14-10/h8-9H,4-7H2,1-3H3,(H,12,13). The predicted molar refractivity (Wildman–Crippen MR) is 63.9 cm³/mol. The van der Waals surface area contributed by atoms with Gasteiger partial charge in [0.05, 0.1) is 6.04 Å². The summed E-state index contributed by atoms with van der Waals surface area (Å²) in [7, 11) is 0. The SMILES string of the molecule is CCC1CC1N=C1NC(C)(CC)CS1. The van der Waals surface area contributed by atoms with Gasteiger partial charge in [-0.05, 0) is 25.7 Å². The number of nitrogens with one attached hydrogen (secondary N) is 1. The number of amidine groups is 1. The van der Waals surface area contributed by atoms with E-state index in [1.807, 2.05) is 11.8 Å². The Hall–Kier alpha value is -0.180. The number of thioether (sulfide) groups is 1. The highest BCUT2D eigenvalue weighted by Gasteiger charge is 2.37. The molecule has 1 N–H and O–H groups in total. The van der Waals surface area contributed by atoms with Gasteiger partial charge >= 0.3 is 0 Å². The second-order valence-corrected chi connectivity index (χ2v) is 5.70. The zero-order valence-corrected chi connectivity index (χ0v) is 10.2. The van der Waals surface area contributed by atoms with Crippen LogP contribution in [0.4, 0.5) is 0 Å². The van der Waals surface area contributed by atoms with E-state index in [4.69, 9.17) is 4.99 Å². The summed E-state index contributed by atoms with van der Waals surface area (Å²) >= 11 is 1.89. The fourth-order valence-electron chi connectivity index (χ4n) is 1.80. The summed E-state index contributed by atoms with van der Waals surface area (Å²) in [6.45, 7) is 6.78. The van der Waals surface area contributed by atoms with Crippen molar-refractivity contribution < 1.29 is 0 Å². The van der Waals surface area contributed by atoms with Crippen molar-refractivity contribution in [3.05, 3.63) is 0 Å². The quantitative estimate of drug-likeness (QED) is 0.778. The minimum Gasteiger partial charge on any atom is -0.359 e. The monoisotopic (exact) mass is 212 g/mol. The summed E-state index contributed by atoms with van der Waals surface area (Å²) < 4.78 is 0. The van der Waals surface area contributed by atoms with E-state index >= 15 is 0 Å². The van der Waals surface area contributed by atoms with Gasteiger partial charge in [-0.25, -0.2) is 0 Å². The molecule has 0 aromatic rings. The normalized spacial score (nSPS) is 44.1. The molecule has 2 fully saturated rings. The van der Waals surface area contributed by atoms with Crippen molar-refractivity contribution in [1.82, 2.24) is 5.32 Å². The summed E-state index contributed by atoms with van der Waals surface area (Å²) in [6, 6.07) is 0.634. The van der Waals surface area contributed by atoms with Crippen LogP contribution in [0.5, 0.6) is 0 Å². The molecule has 3 atom stereocenters. The maximum atomic E-state index is 4.75. The summed E-state index contributed by atoms with van der Waals surface area (Å²) in [6.07, 6.45) is 3.78. The summed E-state index contributed by atoms with van der Waals surface area (Å²) in [5, 5.41) is 4.74. The van der Waals surface area contributed by atoms with Crippen molar-refractivity contribution in [3.8, 4) is 0 Å². The Balaban J connectivity index is 1.90. The molecule has 0 aromatic carbocycles. The third kappa shape index (κ3) is 2.08. The molecule has 0 aromatic heterocycles. The lowest BCUT2D eigenvalue weighted by molar-refractivity contribution is 0.466. The fourth-order valence-corrected chi connectivity index (χ4v) is 3.06. The van der Waals surface area contributed by atoms with Crippen molar-refractivity contribution in [2.24, 2.45) is 10.9 Å². The molecule has 2 rings (SSSR count). The van der Waals surface area contributed by atoms with Gasteiger partial charge in [-0.3, -0.25) is 4.99 Å². The number of hydrogen-bond donors (Lipinski definition) is 1. The molecule has 1 aliphatic heterocycles. The lowest BCUT2D eigenvalue weighted by atomic mass is 10.0. The number of aliphatic imine (C=N–C) groups is 1. The van der Waals surface area contributed by atoms with Crippen molar-refractivity contribution >= 4 is 16.9 Å². The molecular weight excluding hydrogens is 192 g/mol. The summed E-state index contributed by atoms with van der Waals surface area (Å²) in [5.41, 5.74) is 0.292. The Morgan fingerprint density at radius 1 is 1.57 bits per heavy atom. The largest absolute Gasteiger partial charge is 0.359 e. The maximum Gasteiger partial charge on any atom is 0.157 e. The van der Waals surface area contributed by atoms with E-state index in [0.29, 0.717) is 11.6 Å². The number of nitrogens with zero attached hydrogens (tertiary/aromatic N) is 1. The lowest BCUT2D eigenvalue weighted by Gasteiger charge is -2.20. The Labute approximate surface area is 90.9 Å². The summed E-state index contributed by atoms with van der Waals surface area (Å²) in [5.74, 6) is 2.05. The average Bonchev–Trinajstić information content (AvgIpc) is 2.83. The molecule has 2 aliphatic rings. The lowest BCUT2D eigenvalue weighted by Crippen LogP contribution is -2.39. The second-order valence-electron chi connectivity index (χ2n) is 4.73. The van der Waals surface area contributed by atoms with E-state index in [1.54, 1.807) is 0 Å². The summed E-state index contributed by atoms with van der Waals surface area (Å²) in [4.78, 5) is 4.75.